The van der Waals surface area contributed by atoms with E-state index >= 15 is 0 Å². The first kappa shape index (κ1) is 41.7. The second-order valence-electron chi connectivity index (χ2n) is 15.8. The third-order valence-corrected chi connectivity index (χ3v) is 11.8. The lowest BCUT2D eigenvalue weighted by Crippen LogP contribution is -2.43. The third-order valence-electron chi connectivity index (χ3n) is 11.8. The van der Waals surface area contributed by atoms with Crippen molar-refractivity contribution in [3.63, 3.8) is 0 Å². The molecule has 6 heterocycles. The maximum atomic E-state index is 13.6. The molecule has 0 spiro atoms. The summed E-state index contributed by atoms with van der Waals surface area (Å²) in [5, 5.41) is 21.5. The van der Waals surface area contributed by atoms with Crippen LogP contribution >= 0.6 is 0 Å². The maximum Gasteiger partial charge on any atom is 0.278 e. The molecular formula is C44H40F2N10O8. The van der Waals surface area contributed by atoms with E-state index in [0.29, 0.717) is 46.8 Å². The summed E-state index contributed by atoms with van der Waals surface area (Å²) < 4.78 is 41.2. The van der Waals surface area contributed by atoms with Crippen LogP contribution in [0.4, 0.5) is 8.78 Å². The molecule has 0 unspecified atom stereocenters. The summed E-state index contributed by atoms with van der Waals surface area (Å²) in [5.41, 5.74) is 1.12. The number of aromatic nitrogens is 6. The van der Waals surface area contributed by atoms with Gasteiger partial charge < -0.3 is 29.9 Å². The first-order chi connectivity index (χ1) is 30.9. The molecule has 0 bridgehead atoms. The number of rotatable bonds is 8. The minimum Gasteiger partial charge on any atom is -0.470 e. The van der Waals surface area contributed by atoms with E-state index in [-0.39, 0.29) is 58.9 Å². The number of likely N-dealkylation sites (N-methyl/N-ethyl adjacent to an activating group) is 2. The van der Waals surface area contributed by atoms with Crippen molar-refractivity contribution < 1.29 is 37.4 Å². The van der Waals surface area contributed by atoms with Gasteiger partial charge in [-0.3, -0.25) is 28.8 Å². The van der Waals surface area contributed by atoms with Gasteiger partial charge in [-0.2, -0.15) is 9.36 Å². The van der Waals surface area contributed by atoms with Gasteiger partial charge in [-0.1, -0.05) is 34.7 Å². The molecule has 64 heavy (non-hydrogen) atoms. The van der Waals surface area contributed by atoms with Gasteiger partial charge in [0, 0.05) is 52.9 Å². The quantitative estimate of drug-likeness (QED) is 0.226. The van der Waals surface area contributed by atoms with Gasteiger partial charge in [0.15, 0.2) is 12.5 Å². The van der Waals surface area contributed by atoms with E-state index in [1.165, 1.54) is 74.8 Å². The zero-order valence-electron chi connectivity index (χ0n) is 34.5. The van der Waals surface area contributed by atoms with Gasteiger partial charge in [-0.25, -0.2) is 8.78 Å². The lowest BCUT2D eigenvalue weighted by molar-refractivity contribution is -0.125. The van der Waals surface area contributed by atoms with Gasteiger partial charge in [-0.05, 0) is 72.5 Å². The summed E-state index contributed by atoms with van der Waals surface area (Å²) in [5.74, 6) is -1.47. The topological polar surface area (TPSA) is 213 Å². The van der Waals surface area contributed by atoms with Crippen LogP contribution in [0.3, 0.4) is 0 Å². The van der Waals surface area contributed by atoms with Crippen LogP contribution in [0.5, 0.6) is 11.5 Å². The number of nitrogens with one attached hydrogen (secondary N) is 2. The Morgan fingerprint density at radius 2 is 1.08 bits per heavy atom. The molecule has 0 saturated carbocycles. The molecule has 4 atom stereocenters. The van der Waals surface area contributed by atoms with Crippen LogP contribution in [-0.4, -0.2) is 103 Å². The number of carbonyl (C=O) groups excluding carboxylic acids is 4. The van der Waals surface area contributed by atoms with Gasteiger partial charge in [-0.15, -0.1) is 10.2 Å². The van der Waals surface area contributed by atoms with Crippen LogP contribution < -0.4 is 31.2 Å². The highest BCUT2D eigenvalue weighted by atomic mass is 19.1. The molecule has 0 radical (unpaired) electrons. The van der Waals surface area contributed by atoms with E-state index in [1.807, 2.05) is 0 Å². The largest absolute Gasteiger partial charge is 0.470 e. The average molecular weight is 875 g/mol. The predicted octanol–water partition coefficient (Wildman–Crippen LogP) is 2.83. The number of amides is 4. The fourth-order valence-electron chi connectivity index (χ4n) is 8.58. The average Bonchev–Trinajstić information content (AvgIpc) is 3.98. The third kappa shape index (κ3) is 7.64. The Kier molecular flexibility index (Phi) is 11.0. The Balaban J connectivity index is 0.000000162. The zero-order chi connectivity index (χ0) is 44.8. The number of benzene rings is 4. The van der Waals surface area contributed by atoms with E-state index in [2.05, 4.69) is 31.3 Å². The van der Waals surface area contributed by atoms with E-state index in [9.17, 15) is 37.5 Å². The van der Waals surface area contributed by atoms with Crippen molar-refractivity contribution in [2.45, 2.75) is 63.1 Å². The van der Waals surface area contributed by atoms with Crippen molar-refractivity contribution in [1.29, 1.82) is 0 Å². The van der Waals surface area contributed by atoms with Crippen LogP contribution in [0.25, 0.3) is 21.8 Å². The van der Waals surface area contributed by atoms with E-state index in [0.717, 1.165) is 35.0 Å². The monoisotopic (exact) mass is 874 g/mol. The van der Waals surface area contributed by atoms with Gasteiger partial charge in [0.25, 0.3) is 22.9 Å². The maximum absolute atomic E-state index is 13.6. The Morgan fingerprint density at radius 1 is 0.656 bits per heavy atom. The molecular weight excluding hydrogens is 835 g/mol. The molecule has 4 aliphatic heterocycles. The van der Waals surface area contributed by atoms with Crippen molar-refractivity contribution >= 4 is 45.4 Å². The predicted molar refractivity (Wildman–Crippen MR) is 223 cm³/mol. The highest BCUT2D eigenvalue weighted by molar-refractivity contribution is 6.02. The minimum atomic E-state index is -1.03. The molecule has 6 aromatic rings. The molecule has 2 N–H and O–H groups in total. The number of nitrogens with zero attached hydrogens (tertiary/aromatic N) is 8. The fraction of sp³-hybridized carbons (Fsp3) is 0.318. The second kappa shape index (κ2) is 16.9. The second-order valence-corrected chi connectivity index (χ2v) is 15.8. The summed E-state index contributed by atoms with van der Waals surface area (Å²) in [4.78, 5) is 80.7. The normalized spacial score (nSPS) is 18.1. The van der Waals surface area contributed by atoms with E-state index in [1.54, 1.807) is 21.9 Å². The number of halogens is 2. The molecule has 18 nitrogen and oxygen atoms in total. The van der Waals surface area contributed by atoms with Crippen molar-refractivity contribution in [3.05, 3.63) is 127 Å². The standard InChI is InChI=1S/2C22H20FN5O4/c2*1-24-20(29)17(9-12-4-2-5-13(23)8-12)28-22(31)14-11-18-15(10-16(14)25-26-28)21(30)27-7-3-6-19(27)32-18/h2*2,4-5,8,10-11,17,19H,3,6-7,9H2,1H3,(H,24,29)/t17-,19+;17-,19-/m00/s1. The molecule has 0 aliphatic carbocycles. The number of hydrogen-bond donors (Lipinski definition) is 2. The first-order valence-electron chi connectivity index (χ1n) is 20.7. The fourth-order valence-corrected chi connectivity index (χ4v) is 8.58. The molecule has 4 aromatic carbocycles. The molecule has 10 rings (SSSR count). The summed E-state index contributed by atoms with van der Waals surface area (Å²) in [7, 11) is 2.90. The van der Waals surface area contributed by atoms with Crippen molar-refractivity contribution in [1.82, 2.24) is 50.4 Å². The Labute approximate surface area is 361 Å². The molecule has 2 fully saturated rings. The van der Waals surface area contributed by atoms with Crippen LogP contribution in [-0.2, 0) is 22.4 Å². The minimum absolute atomic E-state index is 0.0501. The van der Waals surface area contributed by atoms with E-state index in [4.69, 9.17) is 9.47 Å². The van der Waals surface area contributed by atoms with Crippen LogP contribution in [0.2, 0.25) is 0 Å². The summed E-state index contributed by atoms with van der Waals surface area (Å²) in [6.45, 7) is 1.25. The lowest BCUT2D eigenvalue weighted by Gasteiger charge is -2.31. The van der Waals surface area contributed by atoms with Gasteiger partial charge in [0.2, 0.25) is 11.8 Å². The summed E-state index contributed by atoms with van der Waals surface area (Å²) in [6, 6.07) is 15.5. The van der Waals surface area contributed by atoms with Crippen LogP contribution in [0.15, 0.2) is 82.4 Å². The number of fused-ring (bicyclic) bond motifs is 6. The molecule has 20 heteroatoms. The van der Waals surface area contributed by atoms with Gasteiger partial charge in [0.05, 0.1) is 21.9 Å². The van der Waals surface area contributed by atoms with Crippen LogP contribution in [0, 0.1) is 11.6 Å². The number of hydrogen-bond acceptors (Lipinski definition) is 12. The zero-order valence-corrected chi connectivity index (χ0v) is 34.5. The summed E-state index contributed by atoms with van der Waals surface area (Å²) >= 11 is 0. The smallest absolute Gasteiger partial charge is 0.278 e. The van der Waals surface area contributed by atoms with Crippen LogP contribution in [0.1, 0.15) is 69.6 Å². The molecule has 328 valence electrons. The van der Waals surface area contributed by atoms with Gasteiger partial charge >= 0.3 is 0 Å². The van der Waals surface area contributed by atoms with Crippen molar-refractivity contribution in [3.8, 4) is 11.5 Å². The lowest BCUT2D eigenvalue weighted by atomic mass is 10.0. The number of ether oxygens (including phenoxy) is 2. The highest BCUT2D eigenvalue weighted by Gasteiger charge is 2.39. The molecule has 2 saturated heterocycles. The Bertz CT molecular complexity index is 2820. The Hall–Kier alpha value is -7.64. The Morgan fingerprint density at radius 3 is 1.47 bits per heavy atom. The molecule has 4 amide bonds. The summed E-state index contributed by atoms with van der Waals surface area (Å²) in [6.07, 6.45) is 2.59. The molecule has 2 aromatic heterocycles. The number of carbonyl (C=O) groups is 4. The first-order valence-corrected chi connectivity index (χ1v) is 20.7. The van der Waals surface area contributed by atoms with Gasteiger partial charge in [0.1, 0.15) is 46.3 Å². The van der Waals surface area contributed by atoms with Crippen molar-refractivity contribution in [2.75, 3.05) is 27.2 Å². The SMILES string of the molecule is CNC(=O)[C@H](Cc1cccc(F)c1)n1nnc2cc3c(cc2c1=O)O[C@@H]1CCCN1C3=O.CNC(=O)[C@H](Cc1cccc(F)c1)n1nnc2cc3c(cc2c1=O)O[C@H]1CCCN1C3=O. The van der Waals surface area contributed by atoms with Crippen molar-refractivity contribution in [2.24, 2.45) is 0 Å². The highest BCUT2D eigenvalue weighted by Crippen LogP contribution is 2.36. The van der Waals surface area contributed by atoms with E-state index < -0.39 is 46.7 Å². The molecule has 4 aliphatic rings.